The third-order valence-corrected chi connectivity index (χ3v) is 1.89. The van der Waals surface area contributed by atoms with Crippen LogP contribution in [0.3, 0.4) is 0 Å². The second-order valence-corrected chi connectivity index (χ2v) is 2.54. The Morgan fingerprint density at radius 3 is 1.75 bits per heavy atom. The number of carbonyl (C=O) groups excluding carboxylic acids is 2. The first-order chi connectivity index (χ1) is 5.59. The molecule has 0 saturated carbocycles. The minimum atomic E-state index is -1.19. The van der Waals surface area contributed by atoms with E-state index in [9.17, 15) is 9.59 Å². The molecule has 68 valence electrons. The Hall–Kier alpha value is -1.14. The number of carbonyl (C=O) groups is 2. The van der Waals surface area contributed by atoms with E-state index in [-0.39, 0.29) is 11.8 Å². The van der Waals surface area contributed by atoms with Gasteiger partial charge in [-0.25, -0.2) is 10.4 Å². The van der Waals surface area contributed by atoms with Crippen molar-refractivity contribution in [3.05, 3.63) is 0 Å². The zero-order chi connectivity index (χ0) is 9.35. The van der Waals surface area contributed by atoms with Gasteiger partial charge in [-0.05, 0) is 0 Å². The summed E-state index contributed by atoms with van der Waals surface area (Å²) in [6, 6.07) is 0. The lowest BCUT2D eigenvalue weighted by molar-refractivity contribution is -0.134. The summed E-state index contributed by atoms with van der Waals surface area (Å²) in [5, 5.41) is 6.27. The van der Waals surface area contributed by atoms with E-state index in [2.05, 4.69) is 16.1 Å². The highest BCUT2D eigenvalue weighted by molar-refractivity contribution is 6.11. The summed E-state index contributed by atoms with van der Waals surface area (Å²) in [6.45, 7) is 0. The molecular weight excluding hydrogens is 160 g/mol. The zero-order valence-electron chi connectivity index (χ0n) is 7.26. The van der Waals surface area contributed by atoms with E-state index >= 15 is 0 Å². The molecule has 1 aliphatic heterocycles. The first-order valence-electron chi connectivity index (χ1n) is 3.55. The summed E-state index contributed by atoms with van der Waals surface area (Å²) in [4.78, 5) is 22.5. The van der Waals surface area contributed by atoms with E-state index in [1.807, 2.05) is 0 Å². The number of hydrogen-bond donors (Lipinski definition) is 3. The molecule has 1 heterocycles. The molecule has 6 nitrogen and oxygen atoms in total. The fraction of sp³-hybridized carbons (Fsp3) is 0.667. The quantitative estimate of drug-likeness (QED) is 0.321. The number of rotatable bonds is 2. The third-order valence-electron chi connectivity index (χ3n) is 1.89. The smallest absolute Gasteiger partial charge is 0.267 e. The Kier molecular flexibility index (Phi) is 2.03. The number of nitrogens with zero attached hydrogens (tertiary/aromatic N) is 1. The molecule has 6 heteroatoms. The van der Waals surface area contributed by atoms with Gasteiger partial charge in [0.25, 0.3) is 17.5 Å². The molecule has 1 aliphatic rings. The second-order valence-electron chi connectivity index (χ2n) is 2.54. The van der Waals surface area contributed by atoms with Crippen LogP contribution in [-0.2, 0) is 9.59 Å². The van der Waals surface area contributed by atoms with Crippen LogP contribution in [0.5, 0.6) is 0 Å². The maximum absolute atomic E-state index is 11.2. The number of hydrogen-bond acceptors (Lipinski definition) is 4. The summed E-state index contributed by atoms with van der Waals surface area (Å²) in [7, 11) is 4.60. The predicted molar refractivity (Wildman–Crippen MR) is 41.8 cm³/mol. The van der Waals surface area contributed by atoms with E-state index in [0.29, 0.717) is 0 Å². The molecule has 1 atom stereocenters. The van der Waals surface area contributed by atoms with Crippen molar-refractivity contribution in [2.45, 2.75) is 5.66 Å². The van der Waals surface area contributed by atoms with E-state index in [4.69, 9.17) is 0 Å². The van der Waals surface area contributed by atoms with Crippen molar-refractivity contribution in [3.8, 4) is 0 Å². The third kappa shape index (κ3) is 0.961. The van der Waals surface area contributed by atoms with Crippen molar-refractivity contribution in [3.63, 3.8) is 0 Å². The lowest BCUT2D eigenvalue weighted by Crippen LogP contribution is -2.50. The Labute approximate surface area is 70.3 Å². The molecule has 1 fully saturated rings. The fourth-order valence-corrected chi connectivity index (χ4v) is 1.09. The van der Waals surface area contributed by atoms with Crippen molar-refractivity contribution in [1.82, 2.24) is 21.1 Å². The Morgan fingerprint density at radius 1 is 1.25 bits per heavy atom. The van der Waals surface area contributed by atoms with Crippen LogP contribution in [0.1, 0.15) is 0 Å². The molecule has 0 aliphatic carbocycles. The largest absolute Gasteiger partial charge is 0.356 e. The number of hydrazine groups is 1. The van der Waals surface area contributed by atoms with Crippen LogP contribution in [-0.4, -0.2) is 43.6 Å². The van der Waals surface area contributed by atoms with E-state index in [0.717, 1.165) is 0 Å². The minimum Gasteiger partial charge on any atom is -0.356 e. The van der Waals surface area contributed by atoms with Gasteiger partial charge >= 0.3 is 0 Å². The van der Waals surface area contributed by atoms with Crippen LogP contribution in [0.2, 0.25) is 0 Å². The van der Waals surface area contributed by atoms with E-state index in [1.165, 1.54) is 19.1 Å². The van der Waals surface area contributed by atoms with Crippen LogP contribution in [0.4, 0.5) is 0 Å². The van der Waals surface area contributed by atoms with Crippen molar-refractivity contribution in [2.75, 3.05) is 21.1 Å². The lowest BCUT2D eigenvalue weighted by atomic mass is 10.2. The Morgan fingerprint density at radius 2 is 1.58 bits per heavy atom. The van der Waals surface area contributed by atoms with E-state index < -0.39 is 5.66 Å². The maximum Gasteiger partial charge on any atom is 0.267 e. The molecular formula is C6H12N4O2. The van der Waals surface area contributed by atoms with Crippen molar-refractivity contribution in [1.29, 1.82) is 0 Å². The zero-order valence-corrected chi connectivity index (χ0v) is 7.26. The molecule has 1 rings (SSSR count). The summed E-state index contributed by atoms with van der Waals surface area (Å²) in [5.41, 5.74) is 1.46. The molecule has 0 radical (unpaired) electrons. The summed E-state index contributed by atoms with van der Waals surface area (Å²) in [5.74, 6) is -0.714. The van der Waals surface area contributed by atoms with Gasteiger partial charge in [0.2, 0.25) is 0 Å². The van der Waals surface area contributed by atoms with Crippen LogP contribution >= 0.6 is 0 Å². The highest BCUT2D eigenvalue weighted by Crippen LogP contribution is 2.22. The van der Waals surface area contributed by atoms with Crippen LogP contribution in [0.25, 0.3) is 0 Å². The van der Waals surface area contributed by atoms with Gasteiger partial charge in [0.15, 0.2) is 0 Å². The standard InChI is InChI=1S/C6H12N4O2/c1-7-4(11)6(5(12)8-2)9-10(6)3/h9H,1-3H3,(H,7,11)(H,8,12). The first kappa shape index (κ1) is 8.95. The lowest BCUT2D eigenvalue weighted by Gasteiger charge is -2.09. The Bertz CT molecular complexity index is 212. The predicted octanol–water partition coefficient (Wildman–Crippen LogP) is -2.38. The van der Waals surface area contributed by atoms with Gasteiger partial charge in [-0.3, -0.25) is 9.59 Å². The molecule has 0 aromatic carbocycles. The first-order valence-corrected chi connectivity index (χ1v) is 3.55. The monoisotopic (exact) mass is 172 g/mol. The molecule has 2 amide bonds. The number of amides is 2. The average Bonchev–Trinajstić information content (AvgIpc) is 2.76. The van der Waals surface area contributed by atoms with Gasteiger partial charge in [0.1, 0.15) is 0 Å². The number of nitrogens with one attached hydrogen (secondary N) is 3. The van der Waals surface area contributed by atoms with Crippen LogP contribution in [0, 0.1) is 0 Å². The van der Waals surface area contributed by atoms with Crippen LogP contribution in [0.15, 0.2) is 0 Å². The summed E-state index contributed by atoms with van der Waals surface area (Å²) < 4.78 is 0. The Balaban J connectivity index is 2.79. The fourth-order valence-electron chi connectivity index (χ4n) is 1.09. The van der Waals surface area contributed by atoms with Crippen molar-refractivity contribution >= 4 is 11.8 Å². The highest BCUT2D eigenvalue weighted by atomic mass is 16.2. The second kappa shape index (κ2) is 2.72. The molecule has 0 spiro atoms. The molecule has 1 saturated heterocycles. The average molecular weight is 172 g/mol. The van der Waals surface area contributed by atoms with Gasteiger partial charge < -0.3 is 10.6 Å². The molecule has 0 aromatic heterocycles. The normalized spacial score (nSPS) is 24.4. The van der Waals surface area contributed by atoms with Gasteiger partial charge in [-0.15, -0.1) is 0 Å². The number of likely N-dealkylation sites (N-methyl/N-ethyl adjacent to an activating group) is 3. The van der Waals surface area contributed by atoms with E-state index in [1.54, 1.807) is 7.05 Å². The van der Waals surface area contributed by atoms with Gasteiger partial charge in [0, 0.05) is 21.1 Å². The molecule has 0 aromatic rings. The summed E-state index contributed by atoms with van der Waals surface area (Å²) >= 11 is 0. The van der Waals surface area contributed by atoms with Gasteiger partial charge in [0.05, 0.1) is 0 Å². The van der Waals surface area contributed by atoms with Crippen molar-refractivity contribution < 1.29 is 9.59 Å². The molecule has 3 N–H and O–H groups in total. The topological polar surface area (TPSA) is 83.2 Å². The molecule has 12 heavy (non-hydrogen) atoms. The maximum atomic E-state index is 11.2. The summed E-state index contributed by atoms with van der Waals surface area (Å²) in [6.07, 6.45) is 0. The minimum absolute atomic E-state index is 0.357. The SMILES string of the molecule is CNC(=O)C1(C(=O)NC)NN1C. The molecule has 0 bridgehead atoms. The van der Waals surface area contributed by atoms with Gasteiger partial charge in [-0.1, -0.05) is 0 Å². The van der Waals surface area contributed by atoms with Crippen LogP contribution < -0.4 is 16.1 Å². The van der Waals surface area contributed by atoms with Gasteiger partial charge in [-0.2, -0.15) is 0 Å². The highest BCUT2D eigenvalue weighted by Gasteiger charge is 2.62. The molecule has 1 unspecified atom stereocenters. The van der Waals surface area contributed by atoms with Crippen molar-refractivity contribution in [2.24, 2.45) is 0 Å².